The molecule has 1 aromatic rings. The standard InChI is InChI=1S/C9H9F3O2/c1-14-4-8(13)5-2-6(10)9(12)7(11)3-5/h2-3,8,13H,4H2,1H3. The Morgan fingerprint density at radius 1 is 1.29 bits per heavy atom. The molecule has 14 heavy (non-hydrogen) atoms. The lowest BCUT2D eigenvalue weighted by atomic mass is 10.1. The molecule has 0 aliphatic rings. The summed E-state index contributed by atoms with van der Waals surface area (Å²) in [6.07, 6.45) is -1.16. The fourth-order valence-electron chi connectivity index (χ4n) is 1.02. The van der Waals surface area contributed by atoms with Crippen molar-refractivity contribution >= 4 is 0 Å². The average Bonchev–Trinajstić information content (AvgIpc) is 2.13. The summed E-state index contributed by atoms with van der Waals surface area (Å²) >= 11 is 0. The molecule has 0 aliphatic carbocycles. The molecule has 1 atom stereocenters. The molecular weight excluding hydrogens is 197 g/mol. The number of ether oxygens (including phenoxy) is 1. The Kier molecular flexibility index (Phi) is 3.49. The van der Waals surface area contributed by atoms with Crippen LogP contribution in [0.15, 0.2) is 12.1 Å². The molecule has 0 amide bonds. The Hall–Kier alpha value is -1.07. The summed E-state index contributed by atoms with van der Waals surface area (Å²) in [4.78, 5) is 0. The number of hydrogen-bond donors (Lipinski definition) is 1. The summed E-state index contributed by atoms with van der Waals surface area (Å²) in [5.41, 5.74) is -0.0525. The van der Waals surface area contributed by atoms with Gasteiger partial charge in [-0.3, -0.25) is 0 Å². The predicted octanol–water partition coefficient (Wildman–Crippen LogP) is 1.78. The van der Waals surface area contributed by atoms with Crippen LogP contribution in [0.2, 0.25) is 0 Å². The van der Waals surface area contributed by atoms with Crippen molar-refractivity contribution in [3.63, 3.8) is 0 Å². The molecule has 0 radical (unpaired) electrons. The minimum atomic E-state index is -1.54. The van der Waals surface area contributed by atoms with Crippen LogP contribution in [0.4, 0.5) is 13.2 Å². The van der Waals surface area contributed by atoms with Gasteiger partial charge in [-0.15, -0.1) is 0 Å². The van der Waals surface area contributed by atoms with Crippen molar-refractivity contribution in [3.05, 3.63) is 35.1 Å². The second kappa shape index (κ2) is 4.43. The molecule has 0 bridgehead atoms. The summed E-state index contributed by atoms with van der Waals surface area (Å²) in [7, 11) is 1.33. The third-order valence-electron chi connectivity index (χ3n) is 1.72. The van der Waals surface area contributed by atoms with E-state index in [-0.39, 0.29) is 12.2 Å². The van der Waals surface area contributed by atoms with E-state index >= 15 is 0 Å². The van der Waals surface area contributed by atoms with Gasteiger partial charge in [0.05, 0.1) is 6.61 Å². The normalized spacial score (nSPS) is 12.9. The van der Waals surface area contributed by atoms with E-state index in [1.54, 1.807) is 0 Å². The SMILES string of the molecule is COCC(O)c1cc(F)c(F)c(F)c1. The van der Waals surface area contributed by atoms with Gasteiger partial charge in [0.2, 0.25) is 0 Å². The Balaban J connectivity index is 3.00. The number of benzene rings is 1. The topological polar surface area (TPSA) is 29.5 Å². The zero-order chi connectivity index (χ0) is 10.7. The minimum Gasteiger partial charge on any atom is -0.386 e. The monoisotopic (exact) mass is 206 g/mol. The lowest BCUT2D eigenvalue weighted by Gasteiger charge is -2.10. The molecule has 5 heteroatoms. The van der Waals surface area contributed by atoms with Crippen LogP contribution in [0.5, 0.6) is 0 Å². The van der Waals surface area contributed by atoms with E-state index in [4.69, 9.17) is 0 Å². The second-order valence-corrected chi connectivity index (χ2v) is 2.77. The molecule has 2 nitrogen and oxygen atoms in total. The lowest BCUT2D eigenvalue weighted by molar-refractivity contribution is 0.0639. The van der Waals surface area contributed by atoms with Crippen LogP contribution in [-0.2, 0) is 4.74 Å². The molecular formula is C9H9F3O2. The number of hydrogen-bond acceptors (Lipinski definition) is 2. The summed E-state index contributed by atoms with van der Waals surface area (Å²) in [5, 5.41) is 9.28. The molecule has 78 valence electrons. The maximum Gasteiger partial charge on any atom is 0.194 e. The quantitative estimate of drug-likeness (QED) is 0.764. The highest BCUT2D eigenvalue weighted by molar-refractivity contribution is 5.21. The molecule has 0 spiro atoms. The van der Waals surface area contributed by atoms with Crippen LogP contribution in [-0.4, -0.2) is 18.8 Å². The first-order valence-corrected chi connectivity index (χ1v) is 3.87. The van der Waals surface area contributed by atoms with Gasteiger partial charge in [-0.1, -0.05) is 0 Å². The van der Waals surface area contributed by atoms with E-state index in [0.717, 1.165) is 12.1 Å². The van der Waals surface area contributed by atoms with Crippen LogP contribution in [0.1, 0.15) is 11.7 Å². The van der Waals surface area contributed by atoms with Crippen molar-refractivity contribution in [2.75, 3.05) is 13.7 Å². The maximum absolute atomic E-state index is 12.7. The lowest BCUT2D eigenvalue weighted by Crippen LogP contribution is -2.07. The van der Waals surface area contributed by atoms with E-state index in [0.29, 0.717) is 0 Å². The van der Waals surface area contributed by atoms with Gasteiger partial charge in [0.25, 0.3) is 0 Å². The molecule has 0 aliphatic heterocycles. The highest BCUT2D eigenvalue weighted by atomic mass is 19.2. The molecule has 1 N–H and O–H groups in total. The Morgan fingerprint density at radius 2 is 1.79 bits per heavy atom. The third-order valence-corrected chi connectivity index (χ3v) is 1.72. The number of halogens is 3. The molecule has 0 aromatic heterocycles. The fourth-order valence-corrected chi connectivity index (χ4v) is 1.02. The zero-order valence-corrected chi connectivity index (χ0v) is 7.43. The molecule has 0 fully saturated rings. The molecule has 0 heterocycles. The van der Waals surface area contributed by atoms with E-state index < -0.39 is 23.6 Å². The fraction of sp³-hybridized carbons (Fsp3) is 0.333. The molecule has 1 rings (SSSR count). The smallest absolute Gasteiger partial charge is 0.194 e. The second-order valence-electron chi connectivity index (χ2n) is 2.77. The van der Waals surface area contributed by atoms with Crippen LogP contribution < -0.4 is 0 Å². The van der Waals surface area contributed by atoms with Crippen molar-refractivity contribution in [3.8, 4) is 0 Å². The number of aliphatic hydroxyl groups is 1. The number of aliphatic hydroxyl groups excluding tert-OH is 1. The zero-order valence-electron chi connectivity index (χ0n) is 7.43. The van der Waals surface area contributed by atoms with Gasteiger partial charge in [0.15, 0.2) is 17.5 Å². The van der Waals surface area contributed by atoms with Gasteiger partial charge in [-0.25, -0.2) is 13.2 Å². The van der Waals surface area contributed by atoms with Gasteiger partial charge in [-0.05, 0) is 17.7 Å². The van der Waals surface area contributed by atoms with E-state index in [9.17, 15) is 18.3 Å². The first-order valence-electron chi connectivity index (χ1n) is 3.87. The van der Waals surface area contributed by atoms with Crippen molar-refractivity contribution in [1.82, 2.24) is 0 Å². The third kappa shape index (κ3) is 2.24. The van der Waals surface area contributed by atoms with Gasteiger partial charge >= 0.3 is 0 Å². The van der Waals surface area contributed by atoms with Gasteiger partial charge in [0.1, 0.15) is 6.10 Å². The number of rotatable bonds is 3. The van der Waals surface area contributed by atoms with Crippen LogP contribution >= 0.6 is 0 Å². The average molecular weight is 206 g/mol. The Bertz CT molecular complexity index is 305. The van der Waals surface area contributed by atoms with Crippen LogP contribution in [0.3, 0.4) is 0 Å². The first kappa shape index (κ1) is 11.0. The highest BCUT2D eigenvalue weighted by Gasteiger charge is 2.15. The Labute approximate surface area is 78.9 Å². The molecule has 0 saturated heterocycles. The molecule has 0 saturated carbocycles. The highest BCUT2D eigenvalue weighted by Crippen LogP contribution is 2.19. The minimum absolute atomic E-state index is 0.0525. The van der Waals surface area contributed by atoms with Crippen molar-refractivity contribution in [2.45, 2.75) is 6.10 Å². The molecule has 1 aromatic carbocycles. The largest absolute Gasteiger partial charge is 0.386 e. The maximum atomic E-state index is 12.7. The molecule has 1 unspecified atom stereocenters. The Morgan fingerprint density at radius 3 is 2.21 bits per heavy atom. The van der Waals surface area contributed by atoms with Crippen LogP contribution in [0, 0.1) is 17.5 Å². The summed E-state index contributed by atoms with van der Waals surface area (Å²) in [6.45, 7) is -0.107. The summed E-state index contributed by atoms with van der Waals surface area (Å²) < 4.78 is 42.4. The van der Waals surface area contributed by atoms with Crippen molar-refractivity contribution in [1.29, 1.82) is 0 Å². The van der Waals surface area contributed by atoms with Gasteiger partial charge in [-0.2, -0.15) is 0 Å². The van der Waals surface area contributed by atoms with Crippen molar-refractivity contribution in [2.24, 2.45) is 0 Å². The van der Waals surface area contributed by atoms with E-state index in [2.05, 4.69) is 4.74 Å². The van der Waals surface area contributed by atoms with E-state index in [1.165, 1.54) is 7.11 Å². The van der Waals surface area contributed by atoms with Gasteiger partial charge < -0.3 is 9.84 Å². The first-order chi connectivity index (χ1) is 6.56. The van der Waals surface area contributed by atoms with Gasteiger partial charge in [0, 0.05) is 7.11 Å². The van der Waals surface area contributed by atoms with Crippen molar-refractivity contribution < 1.29 is 23.0 Å². The summed E-state index contributed by atoms with van der Waals surface area (Å²) in [6, 6.07) is 1.48. The summed E-state index contributed by atoms with van der Waals surface area (Å²) in [5.74, 6) is -4.19. The van der Waals surface area contributed by atoms with E-state index in [1.807, 2.05) is 0 Å². The van der Waals surface area contributed by atoms with Crippen LogP contribution in [0.25, 0.3) is 0 Å². The number of methoxy groups -OCH3 is 1. The predicted molar refractivity (Wildman–Crippen MR) is 43.2 cm³/mol.